The van der Waals surface area contributed by atoms with Crippen LogP contribution < -0.4 is 10.6 Å². The van der Waals surface area contributed by atoms with Crippen LogP contribution in [-0.4, -0.2) is 22.8 Å². The van der Waals surface area contributed by atoms with E-state index in [0.717, 1.165) is 5.56 Å². The first-order valence-electron chi connectivity index (χ1n) is 7.70. The molecule has 0 aliphatic carbocycles. The molecule has 0 saturated carbocycles. The summed E-state index contributed by atoms with van der Waals surface area (Å²) in [5.74, 6) is -0.612. The van der Waals surface area contributed by atoms with Gasteiger partial charge in [-0.1, -0.05) is 37.6 Å². The number of carbonyl (C=O) groups is 2. The van der Waals surface area contributed by atoms with Crippen molar-refractivity contribution in [1.82, 2.24) is 15.6 Å². The number of aromatic nitrogens is 1. The van der Waals surface area contributed by atoms with Gasteiger partial charge in [-0.3, -0.25) is 14.6 Å². The van der Waals surface area contributed by atoms with Crippen molar-refractivity contribution in [3.63, 3.8) is 0 Å². The van der Waals surface area contributed by atoms with Gasteiger partial charge in [-0.05, 0) is 35.7 Å². The molecule has 2 rings (SSSR count). The summed E-state index contributed by atoms with van der Waals surface area (Å²) in [6.07, 6.45) is 3.36. The minimum atomic E-state index is -0.631. The van der Waals surface area contributed by atoms with Gasteiger partial charge in [0.2, 0.25) is 5.91 Å². The van der Waals surface area contributed by atoms with E-state index in [4.69, 9.17) is 11.6 Å². The third-order valence-corrected chi connectivity index (χ3v) is 3.75. The topological polar surface area (TPSA) is 71.1 Å². The highest BCUT2D eigenvalue weighted by Crippen LogP contribution is 2.12. The van der Waals surface area contributed by atoms with Crippen LogP contribution in [0.15, 0.2) is 48.8 Å². The molecule has 0 saturated heterocycles. The molecule has 0 bridgehead atoms. The first kappa shape index (κ1) is 17.9. The molecule has 0 aliphatic heterocycles. The number of hydrogen-bond acceptors (Lipinski definition) is 3. The largest absolute Gasteiger partial charge is 0.350 e. The lowest BCUT2D eigenvalue weighted by Crippen LogP contribution is -2.49. The normalized spacial score (nSPS) is 11.8. The molecular formula is C18H20ClN3O2. The summed E-state index contributed by atoms with van der Waals surface area (Å²) in [5.41, 5.74) is 1.32. The molecule has 2 N–H and O–H groups in total. The summed E-state index contributed by atoms with van der Waals surface area (Å²) >= 11 is 5.90. The van der Waals surface area contributed by atoms with Gasteiger partial charge in [0.05, 0.1) is 0 Å². The van der Waals surface area contributed by atoms with E-state index in [-0.39, 0.29) is 17.7 Å². The summed E-state index contributed by atoms with van der Waals surface area (Å²) in [6.45, 7) is 4.13. The number of benzene rings is 1. The molecule has 0 radical (unpaired) electrons. The van der Waals surface area contributed by atoms with E-state index in [1.54, 1.807) is 36.7 Å². The molecule has 2 amide bonds. The number of carbonyl (C=O) groups excluding carboxylic acids is 2. The van der Waals surface area contributed by atoms with Gasteiger partial charge in [-0.2, -0.15) is 0 Å². The van der Waals surface area contributed by atoms with Crippen LogP contribution in [0.3, 0.4) is 0 Å². The fraction of sp³-hybridized carbons (Fsp3) is 0.278. The molecule has 0 aliphatic rings. The zero-order valence-electron chi connectivity index (χ0n) is 13.6. The summed E-state index contributed by atoms with van der Waals surface area (Å²) in [4.78, 5) is 28.8. The van der Waals surface area contributed by atoms with E-state index < -0.39 is 6.04 Å². The molecule has 0 unspecified atom stereocenters. The van der Waals surface area contributed by atoms with E-state index in [0.29, 0.717) is 17.1 Å². The van der Waals surface area contributed by atoms with Crippen LogP contribution >= 0.6 is 11.6 Å². The summed E-state index contributed by atoms with van der Waals surface area (Å²) in [5, 5.41) is 6.08. The van der Waals surface area contributed by atoms with Crippen molar-refractivity contribution in [3.05, 3.63) is 64.9 Å². The van der Waals surface area contributed by atoms with Gasteiger partial charge in [0.1, 0.15) is 6.04 Å². The Hall–Kier alpha value is -2.40. The van der Waals surface area contributed by atoms with E-state index in [9.17, 15) is 9.59 Å². The van der Waals surface area contributed by atoms with Gasteiger partial charge in [-0.15, -0.1) is 0 Å². The van der Waals surface area contributed by atoms with Crippen molar-refractivity contribution in [1.29, 1.82) is 0 Å². The lowest BCUT2D eigenvalue weighted by Gasteiger charge is -2.21. The number of halogens is 1. The molecule has 1 atom stereocenters. The zero-order valence-corrected chi connectivity index (χ0v) is 14.4. The van der Waals surface area contributed by atoms with Gasteiger partial charge < -0.3 is 10.6 Å². The highest BCUT2D eigenvalue weighted by Gasteiger charge is 2.24. The first-order valence-corrected chi connectivity index (χ1v) is 8.08. The number of nitrogens with zero attached hydrogens (tertiary/aromatic N) is 1. The van der Waals surface area contributed by atoms with Crippen LogP contribution in [0.4, 0.5) is 0 Å². The molecule has 1 aromatic heterocycles. The third-order valence-electron chi connectivity index (χ3n) is 3.51. The van der Waals surface area contributed by atoms with Gasteiger partial charge in [-0.25, -0.2) is 0 Å². The molecular weight excluding hydrogens is 326 g/mol. The number of rotatable bonds is 6. The SMILES string of the molecule is CC(C)[C@H](NC(=O)c1cccc(Cl)c1)C(=O)NCc1cccnc1. The number of pyridine rings is 1. The second kappa shape index (κ2) is 8.45. The van der Waals surface area contributed by atoms with Crippen molar-refractivity contribution in [2.24, 2.45) is 5.92 Å². The summed E-state index contributed by atoms with van der Waals surface area (Å²) in [7, 11) is 0. The van der Waals surface area contributed by atoms with Crippen LogP contribution in [0, 0.1) is 5.92 Å². The van der Waals surface area contributed by atoms with Gasteiger partial charge in [0.15, 0.2) is 0 Å². The van der Waals surface area contributed by atoms with Crippen molar-refractivity contribution < 1.29 is 9.59 Å². The third kappa shape index (κ3) is 5.06. The second-order valence-corrected chi connectivity index (χ2v) is 6.22. The maximum atomic E-state index is 12.4. The Morgan fingerprint density at radius 2 is 2.00 bits per heavy atom. The molecule has 1 aromatic carbocycles. The molecule has 6 heteroatoms. The van der Waals surface area contributed by atoms with Crippen LogP contribution in [-0.2, 0) is 11.3 Å². The lowest BCUT2D eigenvalue weighted by atomic mass is 10.0. The minimum absolute atomic E-state index is 0.0537. The Labute approximate surface area is 146 Å². The fourth-order valence-corrected chi connectivity index (χ4v) is 2.38. The van der Waals surface area contributed by atoms with E-state index in [2.05, 4.69) is 15.6 Å². The highest BCUT2D eigenvalue weighted by molar-refractivity contribution is 6.31. The molecule has 5 nitrogen and oxygen atoms in total. The maximum Gasteiger partial charge on any atom is 0.251 e. The van der Waals surface area contributed by atoms with Gasteiger partial charge in [0.25, 0.3) is 5.91 Å². The Morgan fingerprint density at radius 1 is 1.21 bits per heavy atom. The highest BCUT2D eigenvalue weighted by atomic mass is 35.5. The Balaban J connectivity index is 2.00. The fourth-order valence-electron chi connectivity index (χ4n) is 2.19. The summed E-state index contributed by atoms with van der Waals surface area (Å²) in [6, 6.07) is 9.68. The first-order chi connectivity index (χ1) is 11.5. The molecule has 1 heterocycles. The predicted molar refractivity (Wildman–Crippen MR) is 93.6 cm³/mol. The van der Waals surface area contributed by atoms with Crippen molar-refractivity contribution in [3.8, 4) is 0 Å². The predicted octanol–water partition coefficient (Wildman–Crippen LogP) is 2.81. The molecule has 0 fully saturated rings. The quantitative estimate of drug-likeness (QED) is 0.845. The smallest absolute Gasteiger partial charge is 0.251 e. The minimum Gasteiger partial charge on any atom is -0.350 e. The maximum absolute atomic E-state index is 12.4. The van der Waals surface area contributed by atoms with Crippen LogP contribution in [0.2, 0.25) is 5.02 Å². The van der Waals surface area contributed by atoms with Gasteiger partial charge in [0, 0.05) is 29.5 Å². The molecule has 2 aromatic rings. The second-order valence-electron chi connectivity index (χ2n) is 5.78. The molecule has 24 heavy (non-hydrogen) atoms. The van der Waals surface area contributed by atoms with Crippen molar-refractivity contribution >= 4 is 23.4 Å². The Bertz CT molecular complexity index is 704. The van der Waals surface area contributed by atoms with E-state index in [1.165, 1.54) is 0 Å². The molecule has 0 spiro atoms. The van der Waals surface area contributed by atoms with Crippen LogP contribution in [0.25, 0.3) is 0 Å². The van der Waals surface area contributed by atoms with E-state index >= 15 is 0 Å². The molecule has 126 valence electrons. The summed E-state index contributed by atoms with van der Waals surface area (Å²) < 4.78 is 0. The number of hydrogen-bond donors (Lipinski definition) is 2. The standard InChI is InChI=1S/C18H20ClN3O2/c1-12(2)16(18(24)21-11-13-5-4-8-20-10-13)22-17(23)14-6-3-7-15(19)9-14/h3-10,12,16H,11H2,1-2H3,(H,21,24)(H,22,23)/t16-/m0/s1. The van der Waals surface area contributed by atoms with Gasteiger partial charge >= 0.3 is 0 Å². The number of amides is 2. The number of nitrogens with one attached hydrogen (secondary N) is 2. The van der Waals surface area contributed by atoms with Crippen LogP contribution in [0.1, 0.15) is 29.8 Å². The zero-order chi connectivity index (χ0) is 17.5. The Morgan fingerprint density at radius 3 is 2.62 bits per heavy atom. The van der Waals surface area contributed by atoms with E-state index in [1.807, 2.05) is 26.0 Å². The van der Waals surface area contributed by atoms with Crippen LogP contribution in [0.5, 0.6) is 0 Å². The van der Waals surface area contributed by atoms with Crippen molar-refractivity contribution in [2.75, 3.05) is 0 Å². The monoisotopic (exact) mass is 345 g/mol. The lowest BCUT2D eigenvalue weighted by molar-refractivity contribution is -0.124. The average molecular weight is 346 g/mol. The van der Waals surface area contributed by atoms with Crippen molar-refractivity contribution in [2.45, 2.75) is 26.4 Å². The average Bonchev–Trinajstić information content (AvgIpc) is 2.58. The Kier molecular flexibility index (Phi) is 6.32.